The molecule has 0 fully saturated rings. The molecule has 4 rings (SSSR count). The first-order valence-electron chi connectivity index (χ1n) is 11.2. The molecule has 3 nitrogen and oxygen atoms in total. The van der Waals surface area contributed by atoms with Crippen LogP contribution in [0.1, 0.15) is 51.6 Å². The maximum atomic E-state index is 4.72. The van der Waals surface area contributed by atoms with Gasteiger partial charge in [0.25, 0.3) is 0 Å². The lowest BCUT2D eigenvalue weighted by Gasteiger charge is -2.25. The molecule has 0 unspecified atom stereocenters. The van der Waals surface area contributed by atoms with Crippen LogP contribution in [-0.2, 0) is 17.3 Å². The van der Waals surface area contributed by atoms with Gasteiger partial charge in [-0.3, -0.25) is 4.98 Å². The second-order valence-corrected chi connectivity index (χ2v) is 10.1. The van der Waals surface area contributed by atoms with Crippen LogP contribution in [0.5, 0.6) is 0 Å². The minimum atomic E-state index is -0.0914. The predicted octanol–water partition coefficient (Wildman–Crippen LogP) is 7.02. The van der Waals surface area contributed by atoms with E-state index in [0.717, 1.165) is 28.9 Å². The average molecular weight is 422 g/mol. The third-order valence-electron chi connectivity index (χ3n) is 6.01. The van der Waals surface area contributed by atoms with Gasteiger partial charge in [-0.05, 0) is 44.7 Å². The first-order valence-corrected chi connectivity index (χ1v) is 11.2. The van der Waals surface area contributed by atoms with E-state index in [2.05, 4.69) is 94.2 Å². The van der Waals surface area contributed by atoms with E-state index in [4.69, 9.17) is 9.97 Å². The fraction of sp³-hybridized carbons (Fsp3) is 0.276. The molecular weight excluding hydrogens is 390 g/mol. The Morgan fingerprint density at radius 1 is 0.625 bits per heavy atom. The number of benzene rings is 2. The van der Waals surface area contributed by atoms with E-state index >= 15 is 0 Å². The lowest BCUT2D eigenvalue weighted by molar-refractivity contribution is 0.507. The summed E-state index contributed by atoms with van der Waals surface area (Å²) in [5.74, 6) is 0.859. The van der Waals surface area contributed by atoms with E-state index < -0.39 is 0 Å². The fourth-order valence-corrected chi connectivity index (χ4v) is 3.91. The summed E-state index contributed by atoms with van der Waals surface area (Å²) in [7, 11) is 0. The standard InChI is InChI=1S/C29H31N3/c1-28(2,3)25-12-6-10-22(15-25)24-19-31-27(32-20-24)17-29(4,5)26-13-7-9-21(16-26)23-11-8-14-30-18-23/h6-16,18-20H,17H2,1-5H3. The van der Waals surface area contributed by atoms with Crippen LogP contribution in [0.3, 0.4) is 0 Å². The highest BCUT2D eigenvalue weighted by Crippen LogP contribution is 2.31. The van der Waals surface area contributed by atoms with Crippen molar-refractivity contribution in [2.24, 2.45) is 0 Å². The van der Waals surface area contributed by atoms with E-state index in [0.29, 0.717) is 0 Å². The van der Waals surface area contributed by atoms with Crippen LogP contribution in [0, 0.1) is 0 Å². The molecule has 0 aliphatic rings. The minimum Gasteiger partial charge on any atom is -0.264 e. The molecule has 2 heterocycles. The second-order valence-electron chi connectivity index (χ2n) is 10.1. The van der Waals surface area contributed by atoms with Gasteiger partial charge in [-0.2, -0.15) is 0 Å². The Balaban J connectivity index is 1.55. The van der Waals surface area contributed by atoms with Crippen molar-refractivity contribution in [2.75, 3.05) is 0 Å². The summed E-state index contributed by atoms with van der Waals surface area (Å²) >= 11 is 0. The highest BCUT2D eigenvalue weighted by atomic mass is 14.9. The Labute approximate surface area is 191 Å². The lowest BCUT2D eigenvalue weighted by atomic mass is 9.80. The summed E-state index contributed by atoms with van der Waals surface area (Å²) in [6.07, 6.45) is 8.38. The van der Waals surface area contributed by atoms with Crippen molar-refractivity contribution in [3.8, 4) is 22.3 Å². The van der Waals surface area contributed by atoms with Crippen LogP contribution in [0.15, 0.2) is 85.5 Å². The smallest absolute Gasteiger partial charge is 0.129 e. The van der Waals surface area contributed by atoms with Gasteiger partial charge in [0.15, 0.2) is 0 Å². The normalized spacial score (nSPS) is 12.0. The Morgan fingerprint density at radius 2 is 1.22 bits per heavy atom. The van der Waals surface area contributed by atoms with Gasteiger partial charge in [-0.1, -0.05) is 89.2 Å². The number of pyridine rings is 1. The molecule has 0 N–H and O–H groups in total. The van der Waals surface area contributed by atoms with Crippen LogP contribution in [0.25, 0.3) is 22.3 Å². The van der Waals surface area contributed by atoms with Gasteiger partial charge in [-0.25, -0.2) is 9.97 Å². The maximum absolute atomic E-state index is 4.72. The SMILES string of the molecule is CC(C)(C)c1cccc(-c2cnc(CC(C)(C)c3cccc(-c4cccnc4)c3)nc2)c1. The van der Waals surface area contributed by atoms with Gasteiger partial charge in [0.2, 0.25) is 0 Å². The molecule has 32 heavy (non-hydrogen) atoms. The number of nitrogens with zero attached hydrogens (tertiary/aromatic N) is 3. The van der Waals surface area contributed by atoms with Crippen LogP contribution >= 0.6 is 0 Å². The number of rotatable bonds is 5. The Hall–Kier alpha value is -3.33. The first-order chi connectivity index (χ1) is 15.2. The predicted molar refractivity (Wildman–Crippen MR) is 133 cm³/mol. The third-order valence-corrected chi connectivity index (χ3v) is 6.01. The van der Waals surface area contributed by atoms with E-state index in [1.807, 2.05) is 24.7 Å². The Morgan fingerprint density at radius 3 is 1.84 bits per heavy atom. The molecule has 0 aliphatic heterocycles. The van der Waals surface area contributed by atoms with Crippen molar-refractivity contribution in [3.63, 3.8) is 0 Å². The second kappa shape index (κ2) is 8.66. The average Bonchev–Trinajstić information content (AvgIpc) is 2.80. The molecule has 2 aromatic carbocycles. The van der Waals surface area contributed by atoms with Gasteiger partial charge < -0.3 is 0 Å². The van der Waals surface area contributed by atoms with Crippen LogP contribution < -0.4 is 0 Å². The summed E-state index contributed by atoms with van der Waals surface area (Å²) in [4.78, 5) is 13.7. The van der Waals surface area contributed by atoms with Gasteiger partial charge >= 0.3 is 0 Å². The molecule has 0 aliphatic carbocycles. The van der Waals surface area contributed by atoms with Crippen molar-refractivity contribution >= 4 is 0 Å². The topological polar surface area (TPSA) is 38.7 Å². The summed E-state index contributed by atoms with van der Waals surface area (Å²) in [6.45, 7) is 11.2. The van der Waals surface area contributed by atoms with E-state index in [1.54, 1.807) is 6.20 Å². The molecule has 3 heteroatoms. The van der Waals surface area contributed by atoms with Crippen molar-refractivity contribution in [1.29, 1.82) is 0 Å². The van der Waals surface area contributed by atoms with E-state index in [1.165, 1.54) is 16.7 Å². The van der Waals surface area contributed by atoms with Crippen molar-refractivity contribution in [1.82, 2.24) is 15.0 Å². The Bertz CT molecular complexity index is 1190. The largest absolute Gasteiger partial charge is 0.264 e. The van der Waals surface area contributed by atoms with Gasteiger partial charge in [0.1, 0.15) is 5.82 Å². The highest BCUT2D eigenvalue weighted by molar-refractivity contribution is 5.64. The molecule has 0 amide bonds. The zero-order valence-corrected chi connectivity index (χ0v) is 19.6. The first kappa shape index (κ1) is 21.9. The van der Waals surface area contributed by atoms with E-state index in [-0.39, 0.29) is 10.8 Å². The monoisotopic (exact) mass is 421 g/mol. The van der Waals surface area contributed by atoms with Crippen LogP contribution in [0.4, 0.5) is 0 Å². The third kappa shape index (κ3) is 4.94. The molecule has 2 aromatic heterocycles. The zero-order valence-electron chi connectivity index (χ0n) is 19.6. The molecule has 0 atom stereocenters. The quantitative estimate of drug-likeness (QED) is 0.347. The Kier molecular flexibility index (Phi) is 5.92. The van der Waals surface area contributed by atoms with E-state index in [9.17, 15) is 0 Å². The van der Waals surface area contributed by atoms with Crippen molar-refractivity contribution < 1.29 is 0 Å². The van der Waals surface area contributed by atoms with Crippen molar-refractivity contribution in [3.05, 3.63) is 102 Å². The molecule has 162 valence electrons. The summed E-state index contributed by atoms with van der Waals surface area (Å²) in [5.41, 5.74) is 7.13. The van der Waals surface area contributed by atoms with Crippen LogP contribution in [-0.4, -0.2) is 15.0 Å². The fourth-order valence-electron chi connectivity index (χ4n) is 3.91. The maximum Gasteiger partial charge on any atom is 0.129 e. The summed E-state index contributed by atoms with van der Waals surface area (Å²) in [5, 5.41) is 0. The van der Waals surface area contributed by atoms with Gasteiger partial charge in [0, 0.05) is 36.8 Å². The molecule has 0 radical (unpaired) electrons. The molecule has 0 saturated heterocycles. The summed E-state index contributed by atoms with van der Waals surface area (Å²) in [6, 6.07) is 21.4. The van der Waals surface area contributed by atoms with Crippen molar-refractivity contribution in [2.45, 2.75) is 51.9 Å². The van der Waals surface area contributed by atoms with Crippen LogP contribution in [0.2, 0.25) is 0 Å². The highest BCUT2D eigenvalue weighted by Gasteiger charge is 2.23. The zero-order chi connectivity index (χ0) is 22.8. The minimum absolute atomic E-state index is 0.0914. The number of aromatic nitrogens is 3. The molecular formula is C29H31N3. The number of hydrogen-bond acceptors (Lipinski definition) is 3. The molecule has 0 spiro atoms. The number of hydrogen-bond donors (Lipinski definition) is 0. The molecule has 0 bridgehead atoms. The van der Waals surface area contributed by atoms with Gasteiger partial charge in [0.05, 0.1) is 0 Å². The summed E-state index contributed by atoms with van der Waals surface area (Å²) < 4.78 is 0. The molecule has 0 saturated carbocycles. The molecule has 4 aromatic rings. The van der Waals surface area contributed by atoms with Gasteiger partial charge in [-0.15, -0.1) is 0 Å². The lowest BCUT2D eigenvalue weighted by Crippen LogP contribution is -2.22.